The molecule has 34 heavy (non-hydrogen) atoms. The van der Waals surface area contributed by atoms with Gasteiger partial charge in [0.2, 0.25) is 0 Å². The number of rotatable bonds is 2. The Labute approximate surface area is 202 Å². The first-order valence-corrected chi connectivity index (χ1v) is 11.4. The normalized spacial score (nSPS) is 15.6. The third-order valence-electron chi connectivity index (χ3n) is 6.25. The van der Waals surface area contributed by atoms with Gasteiger partial charge < -0.3 is 19.4 Å². The van der Waals surface area contributed by atoms with Crippen LogP contribution in [0.2, 0.25) is 5.15 Å². The van der Waals surface area contributed by atoms with Gasteiger partial charge >= 0.3 is 6.03 Å². The number of benzene rings is 2. The van der Waals surface area contributed by atoms with E-state index >= 15 is 0 Å². The first kappa shape index (κ1) is 22.0. The topological polar surface area (TPSA) is 69.2 Å². The third-order valence-corrected chi connectivity index (χ3v) is 6.46. The van der Waals surface area contributed by atoms with Crippen LogP contribution in [0.3, 0.4) is 0 Å². The lowest BCUT2D eigenvalue weighted by atomic mass is 10.1. The molecule has 0 spiro atoms. The summed E-state index contributed by atoms with van der Waals surface area (Å²) in [5.41, 5.74) is 2.49. The number of methoxy groups -OCH3 is 1. The number of piperazine rings is 1. The van der Waals surface area contributed by atoms with Crippen LogP contribution in [-0.2, 0) is 0 Å². The molecule has 0 unspecified atom stereocenters. The van der Waals surface area contributed by atoms with Gasteiger partial charge in [0.05, 0.1) is 29.7 Å². The van der Waals surface area contributed by atoms with Crippen molar-refractivity contribution in [1.82, 2.24) is 9.88 Å². The molecule has 3 heterocycles. The van der Waals surface area contributed by atoms with Crippen molar-refractivity contribution in [2.75, 3.05) is 55.0 Å². The Morgan fingerprint density at radius 1 is 0.912 bits per heavy atom. The molecule has 0 aliphatic carbocycles. The van der Waals surface area contributed by atoms with E-state index in [1.54, 1.807) is 41.2 Å². The van der Waals surface area contributed by atoms with Crippen LogP contribution in [0, 0.1) is 0 Å². The largest absolute Gasteiger partial charge is 0.495 e. The van der Waals surface area contributed by atoms with Crippen LogP contribution < -0.4 is 19.4 Å². The lowest BCUT2D eigenvalue weighted by molar-refractivity contribution is 0.0986. The summed E-state index contributed by atoms with van der Waals surface area (Å²) in [6.07, 6.45) is 0. The molecule has 9 heteroatoms. The predicted octanol–water partition coefficient (Wildman–Crippen LogP) is 4.41. The summed E-state index contributed by atoms with van der Waals surface area (Å²) >= 11 is 6.18. The summed E-state index contributed by atoms with van der Waals surface area (Å²) < 4.78 is 5.49. The number of hydrogen-bond acceptors (Lipinski definition) is 6. The van der Waals surface area contributed by atoms with Crippen molar-refractivity contribution in [3.05, 3.63) is 71.4 Å². The van der Waals surface area contributed by atoms with Gasteiger partial charge in [-0.25, -0.2) is 14.7 Å². The molecular weight excluding hydrogens is 454 g/mol. The van der Waals surface area contributed by atoms with E-state index in [1.165, 1.54) is 4.90 Å². The molecule has 3 aromatic rings. The number of imide groups is 1. The number of pyridine rings is 1. The van der Waals surface area contributed by atoms with Crippen molar-refractivity contribution in [3.63, 3.8) is 0 Å². The Balaban J connectivity index is 1.46. The highest BCUT2D eigenvalue weighted by Gasteiger charge is 2.37. The SMILES string of the molecule is COc1ccccc1N1CCN(C(=O)N2C(=O)c3ccccc3N(C)c3nc(Cl)ccc32)CC1. The summed E-state index contributed by atoms with van der Waals surface area (Å²) in [5, 5.41) is 0.287. The third kappa shape index (κ3) is 3.70. The molecule has 0 bridgehead atoms. The van der Waals surface area contributed by atoms with Crippen molar-refractivity contribution in [2.45, 2.75) is 0 Å². The highest BCUT2D eigenvalue weighted by Crippen LogP contribution is 2.39. The van der Waals surface area contributed by atoms with Crippen LogP contribution in [0.25, 0.3) is 0 Å². The molecule has 2 aliphatic heterocycles. The zero-order valence-corrected chi connectivity index (χ0v) is 19.7. The summed E-state index contributed by atoms with van der Waals surface area (Å²) in [4.78, 5) is 38.7. The van der Waals surface area contributed by atoms with Gasteiger partial charge in [0, 0.05) is 33.2 Å². The van der Waals surface area contributed by atoms with Crippen LogP contribution in [0.1, 0.15) is 10.4 Å². The zero-order valence-electron chi connectivity index (χ0n) is 18.9. The number of ether oxygens (including phenoxy) is 1. The first-order valence-electron chi connectivity index (χ1n) is 11.0. The molecule has 3 amide bonds. The second kappa shape index (κ2) is 8.87. The zero-order chi connectivity index (χ0) is 23.8. The molecule has 1 aromatic heterocycles. The molecule has 0 N–H and O–H groups in total. The van der Waals surface area contributed by atoms with E-state index in [2.05, 4.69) is 9.88 Å². The van der Waals surface area contributed by atoms with E-state index in [4.69, 9.17) is 16.3 Å². The molecule has 174 valence electrons. The van der Waals surface area contributed by atoms with Crippen molar-refractivity contribution in [3.8, 4) is 5.75 Å². The molecular formula is C25H24ClN5O3. The summed E-state index contributed by atoms with van der Waals surface area (Å²) in [7, 11) is 3.46. The number of para-hydroxylation sites is 3. The van der Waals surface area contributed by atoms with Gasteiger partial charge in [-0.3, -0.25) is 4.79 Å². The van der Waals surface area contributed by atoms with Gasteiger partial charge in [-0.2, -0.15) is 0 Å². The number of hydrogen-bond donors (Lipinski definition) is 0. The van der Waals surface area contributed by atoms with Gasteiger partial charge in [-0.05, 0) is 36.4 Å². The van der Waals surface area contributed by atoms with Gasteiger partial charge in [0.1, 0.15) is 10.9 Å². The van der Waals surface area contributed by atoms with E-state index in [0.717, 1.165) is 11.4 Å². The molecule has 0 radical (unpaired) electrons. The maximum absolute atomic E-state index is 13.8. The Bertz CT molecular complexity index is 1260. The van der Waals surface area contributed by atoms with Crippen molar-refractivity contribution < 1.29 is 14.3 Å². The highest BCUT2D eigenvalue weighted by atomic mass is 35.5. The minimum absolute atomic E-state index is 0.287. The number of urea groups is 1. The fraction of sp³-hybridized carbons (Fsp3) is 0.240. The number of aromatic nitrogens is 1. The number of carbonyl (C=O) groups is 2. The van der Waals surface area contributed by atoms with Gasteiger partial charge in [-0.15, -0.1) is 0 Å². The standard InChI is InChI=1S/C25H24ClN5O3/c1-28-18-8-4-3-7-17(18)24(32)31(20-11-12-22(26)27-23(20)28)25(33)30-15-13-29(14-16-30)19-9-5-6-10-21(19)34-2/h3-12H,13-16H2,1-2H3. The van der Waals surface area contributed by atoms with E-state index in [-0.39, 0.29) is 17.1 Å². The van der Waals surface area contributed by atoms with Crippen molar-refractivity contribution in [2.24, 2.45) is 0 Å². The van der Waals surface area contributed by atoms with Crippen LogP contribution >= 0.6 is 11.6 Å². The number of amides is 3. The van der Waals surface area contributed by atoms with Gasteiger partial charge in [0.25, 0.3) is 5.91 Å². The van der Waals surface area contributed by atoms with Crippen LogP contribution in [0.15, 0.2) is 60.7 Å². The van der Waals surface area contributed by atoms with Crippen LogP contribution in [-0.4, -0.2) is 62.2 Å². The first-order chi connectivity index (χ1) is 16.5. The quantitative estimate of drug-likeness (QED) is 0.509. The number of anilines is 4. The maximum Gasteiger partial charge on any atom is 0.331 e. The number of nitrogens with zero attached hydrogens (tertiary/aromatic N) is 5. The molecule has 0 atom stereocenters. The average Bonchev–Trinajstić information content (AvgIpc) is 2.97. The second-order valence-corrected chi connectivity index (χ2v) is 8.51. The molecule has 1 saturated heterocycles. The maximum atomic E-state index is 13.8. The number of fused-ring (bicyclic) bond motifs is 2. The molecule has 2 aromatic carbocycles. The minimum atomic E-state index is -0.387. The van der Waals surface area contributed by atoms with Crippen LogP contribution in [0.5, 0.6) is 5.75 Å². The number of carbonyl (C=O) groups excluding carboxylic acids is 2. The Kier molecular flexibility index (Phi) is 5.75. The van der Waals surface area contributed by atoms with E-state index in [9.17, 15) is 9.59 Å². The monoisotopic (exact) mass is 477 g/mol. The smallest absolute Gasteiger partial charge is 0.331 e. The molecule has 2 aliphatic rings. The fourth-order valence-electron chi connectivity index (χ4n) is 4.49. The summed E-state index contributed by atoms with van der Waals surface area (Å²) in [6, 6.07) is 17.9. The molecule has 1 fully saturated rings. The Morgan fingerprint density at radius 2 is 1.59 bits per heavy atom. The van der Waals surface area contributed by atoms with E-state index in [0.29, 0.717) is 48.9 Å². The van der Waals surface area contributed by atoms with E-state index < -0.39 is 0 Å². The molecule has 8 nitrogen and oxygen atoms in total. The minimum Gasteiger partial charge on any atom is -0.495 e. The second-order valence-electron chi connectivity index (χ2n) is 8.12. The average molecular weight is 478 g/mol. The Morgan fingerprint density at radius 3 is 2.32 bits per heavy atom. The molecule has 0 saturated carbocycles. The molecule has 5 rings (SSSR count). The van der Waals surface area contributed by atoms with Gasteiger partial charge in [-0.1, -0.05) is 35.9 Å². The fourth-order valence-corrected chi connectivity index (χ4v) is 4.63. The van der Waals surface area contributed by atoms with Crippen molar-refractivity contribution >= 4 is 46.4 Å². The summed E-state index contributed by atoms with van der Waals surface area (Å²) in [5.74, 6) is 0.857. The van der Waals surface area contributed by atoms with Crippen molar-refractivity contribution in [1.29, 1.82) is 0 Å². The van der Waals surface area contributed by atoms with Gasteiger partial charge in [0.15, 0.2) is 5.82 Å². The predicted molar refractivity (Wildman–Crippen MR) is 133 cm³/mol. The van der Waals surface area contributed by atoms with Crippen LogP contribution in [0.4, 0.5) is 27.7 Å². The number of halogens is 1. The lowest BCUT2D eigenvalue weighted by Gasteiger charge is -2.38. The lowest BCUT2D eigenvalue weighted by Crippen LogP contribution is -2.54. The van der Waals surface area contributed by atoms with E-state index in [1.807, 2.05) is 43.4 Å². The highest BCUT2D eigenvalue weighted by molar-refractivity contribution is 6.30. The summed E-state index contributed by atoms with van der Waals surface area (Å²) in [6.45, 7) is 2.18. The Hall–Kier alpha value is -3.78.